The molecule has 0 heterocycles. The molecule has 18 heavy (non-hydrogen) atoms. The van der Waals surface area contributed by atoms with Crippen LogP contribution in [0.3, 0.4) is 0 Å². The molecule has 7 heteroatoms. The zero-order chi connectivity index (χ0) is 13.8. The van der Waals surface area contributed by atoms with E-state index in [1.54, 1.807) is 23.9 Å². The van der Waals surface area contributed by atoms with Crippen LogP contribution < -0.4 is 15.8 Å². The molecule has 102 valence electrons. The molecule has 0 aliphatic rings. The first-order valence-corrected chi connectivity index (χ1v) is 8.37. The number of benzene rings is 1. The summed E-state index contributed by atoms with van der Waals surface area (Å²) in [5.41, 5.74) is 6.64. The van der Waals surface area contributed by atoms with E-state index in [-0.39, 0.29) is 10.9 Å². The highest BCUT2D eigenvalue weighted by Crippen LogP contribution is 2.24. The molecule has 4 N–H and O–H groups in total. The lowest BCUT2D eigenvalue weighted by molar-refractivity contribution is 0.588. The highest BCUT2D eigenvalue weighted by atomic mass is 32.2. The highest BCUT2D eigenvalue weighted by molar-refractivity contribution is 7.98. The quantitative estimate of drug-likeness (QED) is 0.688. The first kappa shape index (κ1) is 15.1. The Morgan fingerprint density at radius 2 is 2.11 bits per heavy atom. The third-order valence-corrected chi connectivity index (χ3v) is 4.67. The number of anilines is 2. The molecular formula is C11H19N3O2S2. The fourth-order valence-electron chi connectivity index (χ4n) is 1.55. The van der Waals surface area contributed by atoms with E-state index < -0.39 is 10.0 Å². The molecule has 0 fully saturated rings. The van der Waals surface area contributed by atoms with Crippen LogP contribution in [0.25, 0.3) is 0 Å². The number of thioether (sulfide) groups is 1. The van der Waals surface area contributed by atoms with E-state index in [2.05, 4.69) is 10.0 Å². The lowest BCUT2D eigenvalue weighted by Gasteiger charge is -2.17. The maximum atomic E-state index is 11.9. The molecule has 0 amide bonds. The fraction of sp³-hybridized carbons (Fsp3) is 0.455. The zero-order valence-electron chi connectivity index (χ0n) is 10.7. The minimum Gasteiger partial charge on any atom is -0.399 e. The monoisotopic (exact) mass is 289 g/mol. The fourth-order valence-corrected chi connectivity index (χ4v) is 3.06. The first-order chi connectivity index (χ1) is 8.40. The van der Waals surface area contributed by atoms with Crippen LogP contribution in [-0.4, -0.2) is 33.5 Å². The topological polar surface area (TPSA) is 84.2 Å². The van der Waals surface area contributed by atoms with Crippen LogP contribution in [-0.2, 0) is 10.0 Å². The minimum absolute atomic E-state index is 0.175. The molecule has 1 atom stereocenters. The van der Waals surface area contributed by atoms with Crippen molar-refractivity contribution in [2.45, 2.75) is 17.9 Å². The van der Waals surface area contributed by atoms with Gasteiger partial charge < -0.3 is 11.1 Å². The lowest BCUT2D eigenvalue weighted by atomic mass is 10.2. The normalized spacial score (nSPS) is 13.3. The molecular weight excluding hydrogens is 270 g/mol. The van der Waals surface area contributed by atoms with E-state index in [1.807, 2.05) is 13.2 Å². The van der Waals surface area contributed by atoms with Crippen molar-refractivity contribution in [3.05, 3.63) is 18.2 Å². The maximum absolute atomic E-state index is 11.9. The van der Waals surface area contributed by atoms with E-state index in [4.69, 9.17) is 5.73 Å². The van der Waals surface area contributed by atoms with Crippen molar-refractivity contribution in [1.82, 2.24) is 4.72 Å². The van der Waals surface area contributed by atoms with Gasteiger partial charge in [0.2, 0.25) is 10.0 Å². The summed E-state index contributed by atoms with van der Waals surface area (Å²) >= 11 is 1.70. The van der Waals surface area contributed by atoms with E-state index in [0.29, 0.717) is 11.4 Å². The van der Waals surface area contributed by atoms with Gasteiger partial charge >= 0.3 is 0 Å². The smallest absolute Gasteiger partial charge is 0.242 e. The van der Waals surface area contributed by atoms with Crippen molar-refractivity contribution in [3.63, 3.8) is 0 Å². The minimum atomic E-state index is -3.51. The summed E-state index contributed by atoms with van der Waals surface area (Å²) in [4.78, 5) is 0.179. The van der Waals surface area contributed by atoms with Gasteiger partial charge in [0.1, 0.15) is 4.90 Å². The highest BCUT2D eigenvalue weighted by Gasteiger charge is 2.18. The molecule has 0 radical (unpaired) electrons. The Hall–Kier alpha value is -0.920. The predicted octanol–water partition coefficient (Wildman–Crippen LogP) is 1.34. The lowest BCUT2D eigenvalue weighted by Crippen LogP contribution is -2.23. The van der Waals surface area contributed by atoms with Gasteiger partial charge in [0, 0.05) is 17.5 Å². The largest absolute Gasteiger partial charge is 0.399 e. The molecule has 0 bridgehead atoms. The Labute approximate surface area is 113 Å². The van der Waals surface area contributed by atoms with Gasteiger partial charge in [0.25, 0.3) is 0 Å². The summed E-state index contributed by atoms with van der Waals surface area (Å²) in [5, 5.41) is 3.18. The van der Waals surface area contributed by atoms with Crippen LogP contribution in [0.1, 0.15) is 6.92 Å². The molecule has 0 aromatic heterocycles. The van der Waals surface area contributed by atoms with Crippen LogP contribution in [0.5, 0.6) is 0 Å². The van der Waals surface area contributed by atoms with E-state index in [1.165, 1.54) is 13.1 Å². The van der Waals surface area contributed by atoms with Crippen LogP contribution in [0.15, 0.2) is 23.1 Å². The molecule has 1 aromatic carbocycles. The third-order valence-electron chi connectivity index (χ3n) is 2.38. The Bertz CT molecular complexity index is 503. The van der Waals surface area contributed by atoms with Crippen LogP contribution >= 0.6 is 11.8 Å². The summed E-state index contributed by atoms with van der Waals surface area (Å²) in [5.74, 6) is 0.892. The molecule has 1 rings (SSSR count). The average Bonchev–Trinajstić information content (AvgIpc) is 2.31. The Morgan fingerprint density at radius 3 is 2.67 bits per heavy atom. The number of sulfonamides is 1. The number of rotatable bonds is 6. The van der Waals surface area contributed by atoms with Gasteiger partial charge in [-0.15, -0.1) is 0 Å². The van der Waals surface area contributed by atoms with Gasteiger partial charge in [0.05, 0.1) is 5.69 Å². The van der Waals surface area contributed by atoms with Gasteiger partial charge in [-0.2, -0.15) is 11.8 Å². The molecule has 0 spiro atoms. The summed E-state index contributed by atoms with van der Waals surface area (Å²) in [6.45, 7) is 2.00. The second-order valence-corrected chi connectivity index (χ2v) is 6.73. The average molecular weight is 289 g/mol. The number of hydrogen-bond acceptors (Lipinski definition) is 5. The second kappa shape index (κ2) is 6.31. The SMILES string of the molecule is CNS(=O)(=O)c1cc(N)ccc1NC(C)CSC. The van der Waals surface area contributed by atoms with Gasteiger partial charge in [0.15, 0.2) is 0 Å². The van der Waals surface area contributed by atoms with Crippen LogP contribution in [0.2, 0.25) is 0 Å². The zero-order valence-corrected chi connectivity index (χ0v) is 12.4. The molecule has 5 nitrogen and oxygen atoms in total. The van der Waals surface area contributed by atoms with Gasteiger partial charge in [-0.05, 0) is 38.4 Å². The van der Waals surface area contributed by atoms with Crippen molar-refractivity contribution in [2.75, 3.05) is 30.1 Å². The summed E-state index contributed by atoms with van der Waals surface area (Å²) < 4.78 is 26.1. The predicted molar refractivity (Wildman–Crippen MR) is 78.6 cm³/mol. The number of nitrogens with one attached hydrogen (secondary N) is 2. The van der Waals surface area contributed by atoms with Crippen molar-refractivity contribution >= 4 is 33.2 Å². The summed E-state index contributed by atoms with van der Waals surface area (Å²) in [6, 6.07) is 5.01. The van der Waals surface area contributed by atoms with E-state index >= 15 is 0 Å². The van der Waals surface area contributed by atoms with Gasteiger partial charge in [-0.1, -0.05) is 0 Å². The van der Waals surface area contributed by atoms with Crippen LogP contribution in [0, 0.1) is 0 Å². The molecule has 1 aromatic rings. The van der Waals surface area contributed by atoms with Crippen LogP contribution in [0.4, 0.5) is 11.4 Å². The number of hydrogen-bond donors (Lipinski definition) is 3. The summed E-state index contributed by atoms with van der Waals surface area (Å²) in [7, 11) is -2.13. The van der Waals surface area contributed by atoms with Crippen molar-refractivity contribution in [2.24, 2.45) is 0 Å². The Morgan fingerprint density at radius 1 is 1.44 bits per heavy atom. The second-order valence-electron chi connectivity index (χ2n) is 3.96. The van der Waals surface area contributed by atoms with E-state index in [9.17, 15) is 8.42 Å². The molecule has 0 saturated carbocycles. The molecule has 0 aliphatic heterocycles. The summed E-state index contributed by atoms with van der Waals surface area (Å²) in [6.07, 6.45) is 2.01. The van der Waals surface area contributed by atoms with Gasteiger partial charge in [-0.25, -0.2) is 13.1 Å². The van der Waals surface area contributed by atoms with Crippen molar-refractivity contribution < 1.29 is 8.42 Å². The standard InChI is InChI=1S/C11H19N3O2S2/c1-8(7-17-3)14-10-5-4-9(12)6-11(10)18(15,16)13-2/h4-6,8,13-14H,7,12H2,1-3H3. The van der Waals surface area contributed by atoms with Gasteiger partial charge in [-0.3, -0.25) is 0 Å². The van der Waals surface area contributed by atoms with Crippen molar-refractivity contribution in [1.29, 1.82) is 0 Å². The van der Waals surface area contributed by atoms with E-state index in [0.717, 1.165) is 5.75 Å². The Balaban J connectivity index is 3.12. The first-order valence-electron chi connectivity index (χ1n) is 5.49. The maximum Gasteiger partial charge on any atom is 0.242 e. The van der Waals surface area contributed by atoms with Crippen molar-refractivity contribution in [3.8, 4) is 0 Å². The third kappa shape index (κ3) is 3.79. The molecule has 0 saturated heterocycles. The molecule has 0 aliphatic carbocycles. The Kier molecular flexibility index (Phi) is 5.30. The molecule has 1 unspecified atom stereocenters. The number of nitrogens with two attached hydrogens (primary N) is 1. The number of nitrogen functional groups attached to an aromatic ring is 1.